The van der Waals surface area contributed by atoms with Crippen molar-refractivity contribution in [1.82, 2.24) is 0 Å². The number of methoxy groups -OCH3 is 3. The minimum Gasteiger partial charge on any atom is -0.497 e. The second-order valence-corrected chi connectivity index (χ2v) is 8.47. The molecule has 0 saturated heterocycles. The highest BCUT2D eigenvalue weighted by molar-refractivity contribution is 5.71. The zero-order chi connectivity index (χ0) is 26.5. The molecule has 8 heteroatoms. The predicted octanol–water partition coefficient (Wildman–Crippen LogP) is 4.91. The van der Waals surface area contributed by atoms with E-state index in [1.807, 2.05) is 79.7 Å². The lowest BCUT2D eigenvalue weighted by Crippen LogP contribution is -2.39. The van der Waals surface area contributed by atoms with E-state index < -0.39 is 6.10 Å². The van der Waals surface area contributed by atoms with Crippen LogP contribution >= 0.6 is 0 Å². The Morgan fingerprint density at radius 1 is 1.03 bits per heavy atom. The molecule has 2 aromatic rings. The van der Waals surface area contributed by atoms with Crippen molar-refractivity contribution < 1.29 is 33.3 Å². The van der Waals surface area contributed by atoms with E-state index in [1.54, 1.807) is 26.5 Å². The van der Waals surface area contributed by atoms with Gasteiger partial charge >= 0.3 is 5.97 Å². The quantitative estimate of drug-likeness (QED) is 0.164. The molecule has 5 atom stereocenters. The first-order chi connectivity index (χ1) is 18.0. The maximum Gasteiger partial charge on any atom is 0.309 e. The fourth-order valence-electron chi connectivity index (χ4n) is 3.74. The summed E-state index contributed by atoms with van der Waals surface area (Å²) in [6, 6.07) is 17.4. The van der Waals surface area contributed by atoms with E-state index in [4.69, 9.17) is 23.8 Å². The van der Waals surface area contributed by atoms with Crippen LogP contribution in [0, 0.1) is 5.92 Å². The maximum absolute atomic E-state index is 11.3. The Morgan fingerprint density at radius 2 is 1.76 bits per heavy atom. The zero-order valence-electron chi connectivity index (χ0n) is 21.7. The molecule has 8 nitrogen and oxygen atoms in total. The van der Waals surface area contributed by atoms with Gasteiger partial charge in [-0.2, -0.15) is 0 Å². The summed E-state index contributed by atoms with van der Waals surface area (Å²) >= 11 is 0. The molecule has 0 fully saturated rings. The number of benzene rings is 2. The highest BCUT2D eigenvalue weighted by atomic mass is 16.6. The molecule has 0 aromatic heterocycles. The number of hydrogen-bond acceptors (Lipinski definition) is 8. The van der Waals surface area contributed by atoms with E-state index in [9.17, 15) is 4.79 Å². The van der Waals surface area contributed by atoms with E-state index in [2.05, 4.69) is 9.89 Å². The van der Waals surface area contributed by atoms with E-state index in [0.717, 1.165) is 11.3 Å². The molecule has 0 aliphatic carbocycles. The number of carbonyl (C=O) groups excluding carboxylic acids is 1. The van der Waals surface area contributed by atoms with Crippen LogP contribution in [0.2, 0.25) is 0 Å². The molecule has 2 aromatic carbocycles. The summed E-state index contributed by atoms with van der Waals surface area (Å²) in [4.78, 5) is 16.9. The van der Waals surface area contributed by atoms with E-state index in [1.165, 1.54) is 7.11 Å². The summed E-state index contributed by atoms with van der Waals surface area (Å²) < 4.78 is 27.9. The van der Waals surface area contributed by atoms with Crippen molar-refractivity contribution in [2.75, 3.05) is 27.9 Å². The highest BCUT2D eigenvalue weighted by Crippen LogP contribution is 2.29. The summed E-state index contributed by atoms with van der Waals surface area (Å²) in [6.45, 7) is 2.14. The lowest BCUT2D eigenvalue weighted by molar-refractivity contribution is -0.139. The van der Waals surface area contributed by atoms with Gasteiger partial charge in [0.2, 0.25) is 0 Å². The second-order valence-electron chi connectivity index (χ2n) is 8.47. The first kappa shape index (κ1) is 28.0. The normalized spacial score (nSPS) is 21.0. The maximum atomic E-state index is 11.3. The van der Waals surface area contributed by atoms with Crippen molar-refractivity contribution in [2.45, 2.75) is 37.8 Å². The third kappa shape index (κ3) is 8.77. The summed E-state index contributed by atoms with van der Waals surface area (Å²) in [6.07, 6.45) is 8.09. The summed E-state index contributed by atoms with van der Waals surface area (Å²) in [5, 5.41) is 4.13. The Kier molecular flexibility index (Phi) is 11.2. The molecule has 1 aliphatic heterocycles. The zero-order valence-corrected chi connectivity index (χ0v) is 21.7. The number of carbonyl (C=O) groups is 1. The minimum atomic E-state index is -0.409. The molecule has 0 bridgehead atoms. The first-order valence-corrected chi connectivity index (χ1v) is 12.1. The number of rotatable bonds is 13. The lowest BCUT2D eigenvalue weighted by Gasteiger charge is -2.32. The van der Waals surface area contributed by atoms with Gasteiger partial charge in [-0.05, 0) is 35.9 Å². The molecule has 1 heterocycles. The van der Waals surface area contributed by atoms with E-state index in [0.29, 0.717) is 5.75 Å². The van der Waals surface area contributed by atoms with Crippen LogP contribution in [0.5, 0.6) is 11.5 Å². The predicted molar refractivity (Wildman–Crippen MR) is 141 cm³/mol. The molecule has 0 saturated carbocycles. The smallest absolute Gasteiger partial charge is 0.309 e. The van der Waals surface area contributed by atoms with Crippen LogP contribution in [-0.4, -0.2) is 58.4 Å². The van der Waals surface area contributed by atoms with E-state index in [-0.39, 0.29) is 43.2 Å². The van der Waals surface area contributed by atoms with Crippen LogP contribution in [-0.2, 0) is 23.8 Å². The van der Waals surface area contributed by atoms with Gasteiger partial charge in [0.15, 0.2) is 0 Å². The topological polar surface area (TPSA) is 84.8 Å². The molecule has 198 valence electrons. The number of nitrogens with zero attached hydrogens (tertiary/aromatic N) is 1. The molecular formula is C29H35NO7. The minimum absolute atomic E-state index is 0.0236. The van der Waals surface area contributed by atoms with Crippen LogP contribution in [0.3, 0.4) is 0 Å². The van der Waals surface area contributed by atoms with Gasteiger partial charge in [-0.3, -0.25) is 4.79 Å². The molecular weight excluding hydrogens is 474 g/mol. The van der Waals surface area contributed by atoms with Crippen LogP contribution in [0.4, 0.5) is 0 Å². The van der Waals surface area contributed by atoms with Crippen molar-refractivity contribution in [3.05, 3.63) is 84.5 Å². The highest BCUT2D eigenvalue weighted by Gasteiger charge is 2.30. The van der Waals surface area contributed by atoms with Crippen molar-refractivity contribution in [2.24, 2.45) is 11.1 Å². The number of hydrogen-bond donors (Lipinski definition) is 0. The fraction of sp³-hybridized carbons (Fsp3) is 0.379. The lowest BCUT2D eigenvalue weighted by atomic mass is 10.0. The van der Waals surface area contributed by atoms with Crippen LogP contribution in [0.25, 0.3) is 0 Å². The Hall–Kier alpha value is -3.62. The molecule has 0 N–H and O–H groups in total. The van der Waals surface area contributed by atoms with Crippen molar-refractivity contribution >= 4 is 12.2 Å². The molecule has 0 spiro atoms. The standard InChI is InChI=1S/C29H35NO7/c1-21(9-8-12-29(31)34-4)27(33-3)19-30-35-20-28-26(36-24-15-13-23(32-2)14-16-24)18-17-25(37-28)22-10-6-5-7-11-22/h5-11,13-19,21,25-28H,12,20H2,1-4H3/b9-8-,30-19-/t21-,25+,26+,27-,28+/m1/s1. The second kappa shape index (κ2) is 14.8. The number of esters is 1. The van der Waals surface area contributed by atoms with Crippen molar-refractivity contribution in [3.63, 3.8) is 0 Å². The Morgan fingerprint density at radius 3 is 2.43 bits per heavy atom. The van der Waals surface area contributed by atoms with Gasteiger partial charge in [0, 0.05) is 13.0 Å². The third-order valence-electron chi connectivity index (χ3n) is 5.89. The van der Waals surface area contributed by atoms with Crippen LogP contribution < -0.4 is 9.47 Å². The van der Waals surface area contributed by atoms with Crippen molar-refractivity contribution in [3.8, 4) is 11.5 Å². The van der Waals surface area contributed by atoms with Gasteiger partial charge in [-0.15, -0.1) is 0 Å². The first-order valence-electron chi connectivity index (χ1n) is 12.1. The molecule has 1 aliphatic rings. The SMILES string of the molecule is COC(=O)C/C=C\[C@@H](C)[C@@H](/C=N\OC[C@@H]1O[C@H](c2ccccc2)C=C[C@@H]1Oc1ccc(OC)cc1)OC. The van der Waals surface area contributed by atoms with Gasteiger partial charge in [-0.25, -0.2) is 0 Å². The molecule has 0 amide bonds. The number of oxime groups is 1. The molecule has 37 heavy (non-hydrogen) atoms. The average Bonchev–Trinajstić information content (AvgIpc) is 2.94. The summed E-state index contributed by atoms with van der Waals surface area (Å²) in [5.74, 6) is 1.13. The Labute approximate surface area is 218 Å². The summed E-state index contributed by atoms with van der Waals surface area (Å²) in [7, 11) is 4.58. The average molecular weight is 510 g/mol. The van der Waals surface area contributed by atoms with Gasteiger partial charge in [-0.1, -0.05) is 60.6 Å². The van der Waals surface area contributed by atoms with Gasteiger partial charge < -0.3 is 28.5 Å². The van der Waals surface area contributed by atoms with Gasteiger partial charge in [0.1, 0.15) is 42.5 Å². The Bertz CT molecular complexity index is 1040. The van der Waals surface area contributed by atoms with Crippen LogP contribution in [0.15, 0.2) is 84.1 Å². The largest absolute Gasteiger partial charge is 0.497 e. The fourth-order valence-corrected chi connectivity index (χ4v) is 3.74. The number of ether oxygens (including phenoxy) is 5. The van der Waals surface area contributed by atoms with Gasteiger partial charge in [0.05, 0.1) is 26.9 Å². The molecule has 0 unspecified atom stereocenters. The third-order valence-corrected chi connectivity index (χ3v) is 5.89. The monoisotopic (exact) mass is 509 g/mol. The Balaban J connectivity index is 1.63. The molecule has 3 rings (SSSR count). The van der Waals surface area contributed by atoms with E-state index >= 15 is 0 Å². The summed E-state index contributed by atoms with van der Waals surface area (Å²) in [5.41, 5.74) is 1.04. The van der Waals surface area contributed by atoms with Crippen LogP contribution in [0.1, 0.15) is 25.0 Å². The van der Waals surface area contributed by atoms with Gasteiger partial charge in [0.25, 0.3) is 0 Å². The molecule has 0 radical (unpaired) electrons. The van der Waals surface area contributed by atoms with Crippen molar-refractivity contribution in [1.29, 1.82) is 0 Å².